The Morgan fingerprint density at radius 2 is 1.83 bits per heavy atom. The summed E-state index contributed by atoms with van der Waals surface area (Å²) < 4.78 is 30.1. The smallest absolute Gasteiger partial charge is 0.192 e. The molecule has 10 heteroatoms. The first-order valence-corrected chi connectivity index (χ1v) is 21.4. The van der Waals surface area contributed by atoms with Crippen molar-refractivity contribution in [3.63, 3.8) is 0 Å². The van der Waals surface area contributed by atoms with Crippen molar-refractivity contribution in [1.82, 2.24) is 24.5 Å². The van der Waals surface area contributed by atoms with Crippen LogP contribution in [0.15, 0.2) is 48.7 Å². The van der Waals surface area contributed by atoms with Crippen LogP contribution in [0, 0.1) is 5.92 Å². The number of ether oxygens (including phenoxy) is 1. The Labute approximate surface area is 292 Å². The molecular weight excluding hydrogens is 635 g/mol. The van der Waals surface area contributed by atoms with E-state index in [0.29, 0.717) is 12.5 Å². The molecule has 0 radical (unpaired) electrons. The van der Waals surface area contributed by atoms with Gasteiger partial charge in [-0.25, -0.2) is 9.67 Å². The van der Waals surface area contributed by atoms with Crippen LogP contribution in [0.2, 0.25) is 18.1 Å². The highest BCUT2D eigenvalue weighted by Crippen LogP contribution is 2.37. The Morgan fingerprint density at radius 3 is 2.50 bits per heavy atom. The molecule has 0 saturated carbocycles. The van der Waals surface area contributed by atoms with Gasteiger partial charge in [0.1, 0.15) is 4.75 Å². The van der Waals surface area contributed by atoms with E-state index in [2.05, 4.69) is 70.3 Å². The van der Waals surface area contributed by atoms with Gasteiger partial charge in [-0.15, -0.1) is 4.72 Å². The van der Waals surface area contributed by atoms with E-state index in [9.17, 15) is 4.55 Å². The van der Waals surface area contributed by atoms with Crippen LogP contribution >= 0.6 is 0 Å². The Balaban J connectivity index is 1.74. The van der Waals surface area contributed by atoms with Crippen LogP contribution in [0.1, 0.15) is 104 Å². The number of pyridine rings is 2. The zero-order valence-corrected chi connectivity index (χ0v) is 32.5. The zero-order valence-electron chi connectivity index (χ0n) is 30.6. The molecule has 2 atom stereocenters. The average Bonchev–Trinajstić information content (AvgIpc) is 3.41. The molecule has 0 bridgehead atoms. The minimum Gasteiger partial charge on any atom is -0.598 e. The molecule has 8 nitrogen and oxygen atoms in total. The lowest BCUT2D eigenvalue weighted by molar-refractivity contribution is 0.0673. The number of rotatable bonds is 13. The van der Waals surface area contributed by atoms with Gasteiger partial charge in [0.15, 0.2) is 14.1 Å². The summed E-state index contributed by atoms with van der Waals surface area (Å²) in [4.78, 5) is 10.2. The van der Waals surface area contributed by atoms with Gasteiger partial charge < -0.3 is 13.7 Å². The fourth-order valence-corrected chi connectivity index (χ4v) is 6.99. The van der Waals surface area contributed by atoms with E-state index < -0.39 is 19.7 Å². The zero-order chi connectivity index (χ0) is 35.1. The molecule has 1 fully saturated rings. The fraction of sp³-hybridized carbons (Fsp3) is 0.553. The lowest BCUT2D eigenvalue weighted by Crippen LogP contribution is -2.41. The van der Waals surface area contributed by atoms with Crippen molar-refractivity contribution >= 4 is 37.9 Å². The van der Waals surface area contributed by atoms with Crippen molar-refractivity contribution in [2.45, 2.75) is 116 Å². The quantitative estimate of drug-likeness (QED) is 0.150. The number of allylic oxidation sites excluding steroid dienone is 2. The predicted octanol–water partition coefficient (Wildman–Crippen LogP) is 7.17. The van der Waals surface area contributed by atoms with Crippen LogP contribution < -0.4 is 15.3 Å². The second-order valence-electron chi connectivity index (χ2n) is 15.4. The molecule has 1 aliphatic rings. The molecule has 4 rings (SSSR count). The first-order chi connectivity index (χ1) is 22.6. The summed E-state index contributed by atoms with van der Waals surface area (Å²) >= 11 is -1.22. The Kier molecular flexibility index (Phi) is 13.1. The fourth-order valence-electron chi connectivity index (χ4n) is 5.19. The van der Waals surface area contributed by atoms with E-state index in [1.54, 1.807) is 6.20 Å². The minimum absolute atomic E-state index is 0.118. The molecule has 3 aromatic rings. The lowest BCUT2D eigenvalue weighted by Gasteiger charge is -2.36. The standard InChI is InChI=1S/C38H57N5O3SSi/c1-11-14-34(42-47(44)37(3,4)5)33-17-13-16-32(41-33)30(20-19-29-21-23-45-24-22-29)25-35-28(2)26-39-43(35)36-18-12-15-31(40-36)27-46-48(9,10)38(6,7)8/h12-13,15-18,20,25-26,29,34,42H,2,11,14,19,21-24,27H2,1,3-10H3/b30-20+,35-25+/t34-,47+/m0/s1. The molecule has 0 aromatic carbocycles. The maximum Gasteiger partial charge on any atom is 0.192 e. The van der Waals surface area contributed by atoms with Crippen molar-refractivity contribution in [2.75, 3.05) is 13.2 Å². The summed E-state index contributed by atoms with van der Waals surface area (Å²) in [6.07, 6.45) is 11.0. The number of hydrogen-bond acceptors (Lipinski definition) is 7. The van der Waals surface area contributed by atoms with Crippen LogP contribution in [-0.4, -0.2) is 50.6 Å². The third kappa shape index (κ3) is 10.2. The van der Waals surface area contributed by atoms with Crippen LogP contribution in [0.5, 0.6) is 0 Å². The molecule has 0 amide bonds. The summed E-state index contributed by atoms with van der Waals surface area (Å²) in [6.45, 7) is 25.8. The van der Waals surface area contributed by atoms with E-state index in [1.807, 2.05) is 55.8 Å². The second-order valence-corrected chi connectivity index (χ2v) is 22.2. The summed E-state index contributed by atoms with van der Waals surface area (Å²) in [7, 11) is -1.93. The Bertz CT molecular complexity index is 1640. The highest BCUT2D eigenvalue weighted by molar-refractivity contribution is 7.90. The average molecular weight is 692 g/mol. The third-order valence-corrected chi connectivity index (χ3v) is 15.5. The first-order valence-electron chi connectivity index (χ1n) is 17.4. The van der Waals surface area contributed by atoms with Gasteiger partial charge >= 0.3 is 0 Å². The first kappa shape index (κ1) is 38.2. The number of aromatic nitrogens is 4. The van der Waals surface area contributed by atoms with Crippen LogP contribution in [-0.2, 0) is 27.1 Å². The van der Waals surface area contributed by atoms with Crippen molar-refractivity contribution in [1.29, 1.82) is 0 Å². The van der Waals surface area contributed by atoms with Crippen molar-refractivity contribution in [2.24, 2.45) is 5.92 Å². The summed E-state index contributed by atoms with van der Waals surface area (Å²) in [5, 5.41) is 6.49. The highest BCUT2D eigenvalue weighted by Gasteiger charge is 2.37. The number of hydrogen-bond donors (Lipinski definition) is 1. The molecule has 0 spiro atoms. The van der Waals surface area contributed by atoms with Crippen molar-refractivity contribution < 1.29 is 13.7 Å². The van der Waals surface area contributed by atoms with E-state index in [0.717, 1.165) is 84.4 Å². The molecular formula is C38H57N5O3SSi. The van der Waals surface area contributed by atoms with Crippen LogP contribution in [0.25, 0.3) is 24.0 Å². The molecule has 1 saturated heterocycles. The molecule has 1 N–H and O–H groups in total. The Morgan fingerprint density at radius 1 is 1.12 bits per heavy atom. The van der Waals surface area contributed by atoms with E-state index in [1.165, 1.54) is 0 Å². The molecule has 0 aliphatic carbocycles. The molecule has 3 aromatic heterocycles. The maximum absolute atomic E-state index is 13.1. The van der Waals surface area contributed by atoms with E-state index >= 15 is 0 Å². The van der Waals surface area contributed by atoms with Crippen molar-refractivity contribution in [3.8, 4) is 5.82 Å². The van der Waals surface area contributed by atoms with Crippen molar-refractivity contribution in [3.05, 3.63) is 76.3 Å². The number of nitrogens with one attached hydrogen (secondary N) is 1. The van der Waals surface area contributed by atoms with Gasteiger partial charge in [-0.2, -0.15) is 5.10 Å². The van der Waals surface area contributed by atoms with Crippen LogP contribution in [0.3, 0.4) is 0 Å². The van der Waals surface area contributed by atoms with Crippen LogP contribution in [0.4, 0.5) is 0 Å². The summed E-state index contributed by atoms with van der Waals surface area (Å²) in [5.74, 6) is 1.27. The van der Waals surface area contributed by atoms with Gasteiger partial charge in [-0.1, -0.05) is 58.9 Å². The van der Waals surface area contributed by atoms with E-state index in [-0.39, 0.29) is 15.8 Å². The van der Waals surface area contributed by atoms with E-state index in [4.69, 9.17) is 24.2 Å². The Hall–Kier alpha value is -2.60. The minimum atomic E-state index is -1.93. The van der Waals surface area contributed by atoms with Gasteiger partial charge in [0.05, 0.1) is 41.3 Å². The molecule has 48 heavy (non-hydrogen) atoms. The van der Waals surface area contributed by atoms with Gasteiger partial charge in [-0.3, -0.25) is 4.98 Å². The number of nitrogens with zero attached hydrogens (tertiary/aromatic N) is 4. The van der Waals surface area contributed by atoms with Gasteiger partial charge in [0.25, 0.3) is 0 Å². The normalized spacial score (nSPS) is 17.1. The topological polar surface area (TPSA) is 97.2 Å². The molecule has 0 unspecified atom stereocenters. The molecule has 4 heterocycles. The third-order valence-electron chi connectivity index (χ3n) is 9.39. The van der Waals surface area contributed by atoms with Gasteiger partial charge in [0, 0.05) is 29.8 Å². The highest BCUT2D eigenvalue weighted by atomic mass is 32.2. The van der Waals surface area contributed by atoms with Gasteiger partial charge in [0.2, 0.25) is 0 Å². The molecule has 1 aliphatic heterocycles. The SMILES string of the molecule is C=c1cnn(-c2cccc(CO[Si](C)(C)C(C)(C)C)n2)/c1=C/C(=C\CC1CCOCC1)c1cccc([C@H](CCC)N[S@+]([O-])C(C)(C)C)n1. The second kappa shape index (κ2) is 16.4. The summed E-state index contributed by atoms with van der Waals surface area (Å²) in [5.41, 5.74) is 3.62. The summed E-state index contributed by atoms with van der Waals surface area (Å²) in [6, 6.07) is 12.0. The lowest BCUT2D eigenvalue weighted by atomic mass is 9.94. The van der Waals surface area contributed by atoms with Gasteiger partial charge in [-0.05, 0) is 106 Å². The maximum atomic E-state index is 13.1. The largest absolute Gasteiger partial charge is 0.598 e. The molecule has 262 valence electrons. The predicted molar refractivity (Wildman–Crippen MR) is 202 cm³/mol. The monoisotopic (exact) mass is 691 g/mol.